The summed E-state index contributed by atoms with van der Waals surface area (Å²) in [4.78, 5) is 23.9. The molecule has 1 aliphatic heterocycles. The smallest absolute Gasteiger partial charge is 0.291 e. The maximum atomic E-state index is 12.0. The summed E-state index contributed by atoms with van der Waals surface area (Å²) in [5.41, 5.74) is 1.18. The van der Waals surface area contributed by atoms with Gasteiger partial charge >= 0.3 is 0 Å². The third-order valence-electron chi connectivity index (χ3n) is 3.36. The van der Waals surface area contributed by atoms with Gasteiger partial charge in [0.05, 0.1) is 6.26 Å². The number of furan rings is 1. The van der Waals surface area contributed by atoms with Crippen molar-refractivity contribution >= 4 is 23.2 Å². The van der Waals surface area contributed by atoms with Crippen LogP contribution in [0.4, 0.5) is 11.4 Å². The summed E-state index contributed by atoms with van der Waals surface area (Å²) in [6.07, 6.45) is 2.69. The summed E-state index contributed by atoms with van der Waals surface area (Å²) in [5.74, 6) is -0.270. The number of hydrogen-bond acceptors (Lipinski definition) is 4. The quantitative estimate of drug-likeness (QED) is 0.909. The van der Waals surface area contributed by atoms with Crippen LogP contribution in [0.3, 0.4) is 0 Å². The summed E-state index contributed by atoms with van der Waals surface area (Å²) in [6.45, 7) is 0.622. The van der Waals surface area contributed by atoms with E-state index in [1.165, 1.54) is 6.26 Å². The molecular formula is C16H16N2O4. The van der Waals surface area contributed by atoms with E-state index in [9.17, 15) is 9.59 Å². The molecule has 1 fully saturated rings. The van der Waals surface area contributed by atoms with Gasteiger partial charge in [-0.05, 0) is 43.2 Å². The van der Waals surface area contributed by atoms with Gasteiger partial charge in [0.2, 0.25) is 0 Å². The summed E-state index contributed by atoms with van der Waals surface area (Å²) in [6, 6.07) is 10.2. The van der Waals surface area contributed by atoms with Crippen LogP contribution in [0, 0.1) is 0 Å². The molecule has 0 aliphatic carbocycles. The van der Waals surface area contributed by atoms with Crippen LogP contribution >= 0.6 is 0 Å². The van der Waals surface area contributed by atoms with Crippen LogP contribution in [0.25, 0.3) is 0 Å². The molecule has 2 heterocycles. The van der Waals surface area contributed by atoms with E-state index < -0.39 is 0 Å². The Bertz CT molecular complexity index is 661. The molecule has 2 N–H and O–H groups in total. The molecule has 2 aromatic rings. The van der Waals surface area contributed by atoms with Gasteiger partial charge in [-0.3, -0.25) is 9.59 Å². The highest BCUT2D eigenvalue weighted by atomic mass is 16.5. The average Bonchev–Trinajstić information content (AvgIpc) is 3.21. The molecule has 6 heteroatoms. The maximum absolute atomic E-state index is 12.0. The Balaban J connectivity index is 1.64. The largest absolute Gasteiger partial charge is 0.459 e. The molecule has 0 saturated carbocycles. The van der Waals surface area contributed by atoms with Gasteiger partial charge in [-0.25, -0.2) is 0 Å². The first kappa shape index (κ1) is 14.3. The van der Waals surface area contributed by atoms with Crippen LogP contribution < -0.4 is 10.6 Å². The van der Waals surface area contributed by atoms with E-state index >= 15 is 0 Å². The normalized spacial score (nSPS) is 17.2. The zero-order chi connectivity index (χ0) is 15.4. The zero-order valence-electron chi connectivity index (χ0n) is 11.9. The Morgan fingerprint density at radius 2 is 1.91 bits per heavy atom. The number of carbonyl (C=O) groups is 2. The zero-order valence-corrected chi connectivity index (χ0v) is 11.9. The van der Waals surface area contributed by atoms with Crippen molar-refractivity contribution in [2.24, 2.45) is 0 Å². The van der Waals surface area contributed by atoms with Crippen molar-refractivity contribution in [2.45, 2.75) is 18.9 Å². The Labute approximate surface area is 127 Å². The van der Waals surface area contributed by atoms with E-state index in [0.29, 0.717) is 18.0 Å². The molecule has 22 heavy (non-hydrogen) atoms. The van der Waals surface area contributed by atoms with E-state index in [2.05, 4.69) is 10.6 Å². The number of anilines is 2. The lowest BCUT2D eigenvalue weighted by Crippen LogP contribution is -2.26. The van der Waals surface area contributed by atoms with Gasteiger partial charge in [0.25, 0.3) is 11.8 Å². The monoisotopic (exact) mass is 300 g/mol. The van der Waals surface area contributed by atoms with E-state index in [1.807, 2.05) is 0 Å². The fraction of sp³-hybridized carbons (Fsp3) is 0.250. The van der Waals surface area contributed by atoms with Crippen LogP contribution in [-0.4, -0.2) is 24.5 Å². The molecule has 1 atom stereocenters. The Hall–Kier alpha value is -2.60. The lowest BCUT2D eigenvalue weighted by atomic mass is 10.2. The summed E-state index contributed by atoms with van der Waals surface area (Å²) in [7, 11) is 0. The molecule has 0 unspecified atom stereocenters. The highest BCUT2D eigenvalue weighted by Crippen LogP contribution is 2.19. The number of nitrogens with one attached hydrogen (secondary N) is 2. The fourth-order valence-electron chi connectivity index (χ4n) is 2.28. The Morgan fingerprint density at radius 3 is 2.59 bits per heavy atom. The van der Waals surface area contributed by atoms with Gasteiger partial charge in [-0.1, -0.05) is 6.07 Å². The minimum Gasteiger partial charge on any atom is -0.459 e. The molecule has 3 rings (SSSR count). The molecule has 1 aromatic carbocycles. The predicted octanol–water partition coefficient (Wildman–Crippen LogP) is 2.65. The van der Waals surface area contributed by atoms with Crippen LogP contribution in [0.2, 0.25) is 0 Å². The van der Waals surface area contributed by atoms with Gasteiger partial charge < -0.3 is 19.8 Å². The van der Waals surface area contributed by atoms with Crippen LogP contribution in [0.5, 0.6) is 0 Å². The predicted molar refractivity (Wildman–Crippen MR) is 80.7 cm³/mol. The second kappa shape index (κ2) is 6.44. The molecule has 0 bridgehead atoms. The van der Waals surface area contributed by atoms with E-state index in [-0.39, 0.29) is 23.7 Å². The Kier molecular flexibility index (Phi) is 4.20. The molecule has 1 aliphatic rings. The second-order valence-electron chi connectivity index (χ2n) is 5.00. The number of ether oxygens (including phenoxy) is 1. The topological polar surface area (TPSA) is 80.6 Å². The van der Waals surface area contributed by atoms with E-state index in [1.54, 1.807) is 36.4 Å². The van der Waals surface area contributed by atoms with Gasteiger partial charge in [0.15, 0.2) is 5.76 Å². The lowest BCUT2D eigenvalue weighted by Gasteiger charge is -2.11. The van der Waals surface area contributed by atoms with Gasteiger partial charge in [0, 0.05) is 18.0 Å². The van der Waals surface area contributed by atoms with E-state index in [0.717, 1.165) is 12.8 Å². The van der Waals surface area contributed by atoms with Crippen molar-refractivity contribution in [3.05, 3.63) is 48.4 Å². The molecule has 2 amide bonds. The van der Waals surface area contributed by atoms with Crippen LogP contribution in [0.15, 0.2) is 47.1 Å². The number of rotatable bonds is 4. The number of benzene rings is 1. The number of amides is 2. The third kappa shape index (κ3) is 3.35. The summed E-state index contributed by atoms with van der Waals surface area (Å²) >= 11 is 0. The molecule has 0 spiro atoms. The molecule has 1 aromatic heterocycles. The molecule has 6 nitrogen and oxygen atoms in total. The minimum absolute atomic E-state index is 0.160. The maximum Gasteiger partial charge on any atom is 0.291 e. The minimum atomic E-state index is -0.388. The van der Waals surface area contributed by atoms with Crippen molar-refractivity contribution in [3.63, 3.8) is 0 Å². The number of carbonyl (C=O) groups excluding carboxylic acids is 2. The van der Waals surface area contributed by atoms with Crippen molar-refractivity contribution in [2.75, 3.05) is 17.2 Å². The third-order valence-corrected chi connectivity index (χ3v) is 3.36. The first-order valence-corrected chi connectivity index (χ1v) is 7.10. The highest BCUT2D eigenvalue weighted by molar-refractivity contribution is 6.02. The first-order valence-electron chi connectivity index (χ1n) is 7.10. The molecule has 1 saturated heterocycles. The second-order valence-corrected chi connectivity index (χ2v) is 5.00. The lowest BCUT2D eigenvalue weighted by molar-refractivity contribution is -0.124. The SMILES string of the molecule is O=C(Nc1cccc(NC(=O)[C@@H]2CCCO2)c1)c1ccco1. The summed E-state index contributed by atoms with van der Waals surface area (Å²) in [5, 5.41) is 5.51. The summed E-state index contributed by atoms with van der Waals surface area (Å²) < 4.78 is 10.4. The first-order chi connectivity index (χ1) is 10.7. The fourth-order valence-corrected chi connectivity index (χ4v) is 2.28. The van der Waals surface area contributed by atoms with Crippen molar-refractivity contribution in [1.82, 2.24) is 0 Å². The molecular weight excluding hydrogens is 284 g/mol. The Morgan fingerprint density at radius 1 is 1.09 bits per heavy atom. The van der Waals surface area contributed by atoms with Gasteiger partial charge in [-0.2, -0.15) is 0 Å². The van der Waals surface area contributed by atoms with Gasteiger partial charge in [-0.15, -0.1) is 0 Å². The van der Waals surface area contributed by atoms with E-state index in [4.69, 9.17) is 9.15 Å². The molecule has 114 valence electrons. The van der Waals surface area contributed by atoms with Gasteiger partial charge in [0.1, 0.15) is 6.10 Å². The van der Waals surface area contributed by atoms with Crippen LogP contribution in [-0.2, 0) is 9.53 Å². The molecule has 0 radical (unpaired) electrons. The standard InChI is InChI=1S/C16H16N2O4/c19-15(13-6-2-8-21-13)17-11-4-1-5-12(10-11)18-16(20)14-7-3-9-22-14/h1-2,4-6,8,10,14H,3,7,9H2,(H,17,19)(H,18,20)/t14-/m0/s1. The number of hydrogen-bond donors (Lipinski definition) is 2. The van der Waals surface area contributed by atoms with Crippen LogP contribution in [0.1, 0.15) is 23.4 Å². The van der Waals surface area contributed by atoms with Crippen molar-refractivity contribution in [3.8, 4) is 0 Å². The van der Waals surface area contributed by atoms with Crippen molar-refractivity contribution in [1.29, 1.82) is 0 Å². The van der Waals surface area contributed by atoms with Crippen molar-refractivity contribution < 1.29 is 18.7 Å². The highest BCUT2D eigenvalue weighted by Gasteiger charge is 2.23. The average molecular weight is 300 g/mol.